The Morgan fingerprint density at radius 2 is 1.43 bits per heavy atom. The number of nitrogens with zero attached hydrogens (tertiary/aromatic N) is 2. The van der Waals surface area contributed by atoms with Crippen LogP contribution in [0.5, 0.6) is 0 Å². The van der Waals surface area contributed by atoms with Gasteiger partial charge in [-0.05, 0) is 0 Å². The van der Waals surface area contributed by atoms with Gasteiger partial charge in [0.05, 0.1) is 10.2 Å². The van der Waals surface area contributed by atoms with Gasteiger partial charge in [0, 0.05) is 0 Å². The Balaban J connectivity index is -0.000000127. The summed E-state index contributed by atoms with van der Waals surface area (Å²) in [4.78, 5) is 16.5. The Labute approximate surface area is 113 Å². The van der Waals surface area contributed by atoms with E-state index in [4.69, 9.17) is 30.6 Å². The summed E-state index contributed by atoms with van der Waals surface area (Å²) in [5.74, 6) is 0. The number of rotatable bonds is 0. The first-order chi connectivity index (χ1) is 5.96. The molecule has 14 heavy (non-hydrogen) atoms. The molecule has 0 unspecified atom stereocenters. The van der Waals surface area contributed by atoms with E-state index in [2.05, 4.69) is 12.2 Å². The minimum Gasteiger partial charge on any atom is -0.356 e. The van der Waals surface area contributed by atoms with Crippen LogP contribution in [0.1, 0.15) is 6.42 Å². The predicted octanol–water partition coefficient (Wildman–Crippen LogP) is 0.827. The quantitative estimate of drug-likeness (QED) is 0.367. The normalized spacial score (nSPS) is 9.71. The average Bonchev–Trinajstić information content (AvgIpc) is 2.35. The number of allylic oxidation sites excluding steroid dienone is 4. The molecule has 0 spiro atoms. The topological polar surface area (TPSA) is 132 Å². The van der Waals surface area contributed by atoms with Gasteiger partial charge in [-0.1, -0.05) is 0 Å². The van der Waals surface area contributed by atoms with E-state index in [0.29, 0.717) is 0 Å². The monoisotopic (exact) mass is 329 g/mol. The van der Waals surface area contributed by atoms with Crippen molar-refractivity contribution in [1.29, 1.82) is 0 Å². The van der Waals surface area contributed by atoms with Crippen molar-refractivity contribution in [2.24, 2.45) is 0 Å². The molecule has 0 amide bonds. The van der Waals surface area contributed by atoms with Gasteiger partial charge in [0.1, 0.15) is 0 Å². The van der Waals surface area contributed by atoms with Gasteiger partial charge in [-0.2, -0.15) is 6.08 Å². The largest absolute Gasteiger partial charge is 3.00 e. The van der Waals surface area contributed by atoms with Gasteiger partial charge < -0.3 is 30.6 Å². The fourth-order valence-electron chi connectivity index (χ4n) is 0.340. The maximum absolute atomic E-state index is 8.25. The molecule has 1 rings (SSSR count). The van der Waals surface area contributed by atoms with Gasteiger partial charge in [-0.3, -0.25) is 6.08 Å². The molecule has 9 heteroatoms. The molecular weight excluding hydrogens is 324 g/mol. The molecule has 0 bridgehead atoms. The fourth-order valence-corrected chi connectivity index (χ4v) is 0.340. The molecule has 0 heterocycles. The fraction of sp³-hybridized carbons (Fsp3) is 0.200. The second kappa shape index (κ2) is 14.8. The molecule has 1 aliphatic rings. The Morgan fingerprint density at radius 3 is 1.50 bits per heavy atom. The van der Waals surface area contributed by atoms with Gasteiger partial charge in [0.15, 0.2) is 0 Å². The van der Waals surface area contributed by atoms with Crippen LogP contribution in [0.15, 0.2) is 18.2 Å². The van der Waals surface area contributed by atoms with Gasteiger partial charge in [0.25, 0.3) is 0 Å². The summed E-state index contributed by atoms with van der Waals surface area (Å²) in [6, 6.07) is 0. The van der Waals surface area contributed by atoms with Crippen molar-refractivity contribution in [3.63, 3.8) is 0 Å². The minimum atomic E-state index is -1.75. The zero-order valence-electron chi connectivity index (χ0n) is 6.78. The van der Waals surface area contributed by atoms with Crippen LogP contribution in [0.25, 0.3) is 0 Å². The molecular formula is C5H5CeN2O6. The second-order valence-electron chi connectivity index (χ2n) is 1.45. The van der Waals surface area contributed by atoms with Crippen LogP contribution in [0, 0.1) is 78.5 Å². The van der Waals surface area contributed by atoms with Crippen LogP contribution in [-0.4, -0.2) is 10.2 Å². The first kappa shape index (κ1) is 18.9. The van der Waals surface area contributed by atoms with Crippen LogP contribution in [0.2, 0.25) is 0 Å². The maximum atomic E-state index is 8.25. The third-order valence-electron chi connectivity index (χ3n) is 0.586. The van der Waals surface area contributed by atoms with Crippen molar-refractivity contribution in [3.8, 4) is 0 Å². The molecule has 0 aliphatic heterocycles. The molecule has 0 atom stereocenters. The molecule has 0 aromatic rings. The van der Waals surface area contributed by atoms with Gasteiger partial charge in [0.2, 0.25) is 0 Å². The SMILES string of the molecule is O=[N+]([O-])[O-].O=[N+]([O-])[O-].[C-]1=CC=CC1.[Ce+3]. The van der Waals surface area contributed by atoms with Gasteiger partial charge in [-0.15, -0.1) is 6.42 Å². The van der Waals surface area contributed by atoms with E-state index in [1.807, 2.05) is 12.2 Å². The first-order valence-electron chi connectivity index (χ1n) is 2.81. The average molecular weight is 329 g/mol. The molecule has 0 fully saturated rings. The Morgan fingerprint density at radius 1 is 1.07 bits per heavy atom. The van der Waals surface area contributed by atoms with Gasteiger partial charge >= 0.3 is 41.7 Å². The van der Waals surface area contributed by atoms with Gasteiger partial charge in [-0.25, -0.2) is 12.2 Å². The van der Waals surface area contributed by atoms with Crippen molar-refractivity contribution in [2.45, 2.75) is 6.42 Å². The summed E-state index contributed by atoms with van der Waals surface area (Å²) >= 11 is 0. The van der Waals surface area contributed by atoms with Crippen molar-refractivity contribution < 1.29 is 51.9 Å². The summed E-state index contributed by atoms with van der Waals surface area (Å²) in [5, 5.41) is 29.5. The standard InChI is InChI=1S/C5H5.Ce.2NO3/c1-2-4-5-3-1;;2*2-1(3)4/h1-3H,4H2;;;/q-1;+3;2*-1. The summed E-state index contributed by atoms with van der Waals surface area (Å²) < 4.78 is 0. The molecule has 0 aromatic carbocycles. The van der Waals surface area contributed by atoms with Crippen molar-refractivity contribution in [1.82, 2.24) is 0 Å². The molecule has 75 valence electrons. The Kier molecular flexibility index (Phi) is 20.0. The summed E-state index contributed by atoms with van der Waals surface area (Å²) in [6.45, 7) is 0. The third-order valence-corrected chi connectivity index (χ3v) is 0.586. The van der Waals surface area contributed by atoms with Crippen molar-refractivity contribution in [3.05, 3.63) is 54.9 Å². The van der Waals surface area contributed by atoms with Crippen LogP contribution < -0.4 is 0 Å². The number of hydrogen-bond acceptors (Lipinski definition) is 6. The first-order valence-corrected chi connectivity index (χ1v) is 2.81. The van der Waals surface area contributed by atoms with E-state index in [1.165, 1.54) is 0 Å². The Bertz CT molecular complexity index is 186. The zero-order chi connectivity index (χ0) is 10.7. The van der Waals surface area contributed by atoms with Crippen LogP contribution >= 0.6 is 0 Å². The molecule has 0 saturated carbocycles. The third kappa shape index (κ3) is 65.4. The molecule has 8 nitrogen and oxygen atoms in total. The van der Waals surface area contributed by atoms with Crippen LogP contribution in [-0.2, 0) is 0 Å². The van der Waals surface area contributed by atoms with Crippen LogP contribution in [0.3, 0.4) is 0 Å². The predicted molar refractivity (Wildman–Crippen MR) is 42.3 cm³/mol. The Hall–Kier alpha value is -0.743. The van der Waals surface area contributed by atoms with E-state index < -0.39 is 10.2 Å². The molecule has 0 saturated heterocycles. The van der Waals surface area contributed by atoms with Crippen LogP contribution in [0.4, 0.5) is 0 Å². The zero-order valence-corrected chi connectivity index (χ0v) is 9.92. The second-order valence-corrected chi connectivity index (χ2v) is 1.45. The van der Waals surface area contributed by atoms with Crippen molar-refractivity contribution >= 4 is 0 Å². The summed E-state index contributed by atoms with van der Waals surface area (Å²) in [5.41, 5.74) is 0. The van der Waals surface area contributed by atoms with E-state index in [9.17, 15) is 0 Å². The molecule has 0 aromatic heterocycles. The maximum Gasteiger partial charge on any atom is 3.00 e. The smallest absolute Gasteiger partial charge is 0.356 e. The van der Waals surface area contributed by atoms with E-state index in [0.717, 1.165) is 6.42 Å². The molecule has 0 N–H and O–H groups in total. The van der Waals surface area contributed by atoms with E-state index >= 15 is 0 Å². The van der Waals surface area contributed by atoms with E-state index in [1.54, 1.807) is 0 Å². The number of hydrogen-bond donors (Lipinski definition) is 0. The minimum absolute atomic E-state index is 0. The molecule has 1 radical (unpaired) electrons. The summed E-state index contributed by atoms with van der Waals surface area (Å²) in [7, 11) is 0. The summed E-state index contributed by atoms with van der Waals surface area (Å²) in [6.07, 6.45) is 10.0. The molecule has 1 aliphatic carbocycles. The van der Waals surface area contributed by atoms with Crippen molar-refractivity contribution in [2.75, 3.05) is 0 Å². The van der Waals surface area contributed by atoms with E-state index in [-0.39, 0.29) is 41.7 Å².